The van der Waals surface area contributed by atoms with Crippen LogP contribution in [-0.2, 0) is 6.42 Å². The summed E-state index contributed by atoms with van der Waals surface area (Å²) in [6.45, 7) is 6.31. The molecule has 2 heterocycles. The van der Waals surface area contributed by atoms with Gasteiger partial charge in [-0.2, -0.15) is 5.26 Å². The SMILES string of the molecule is N#Cc1cccc(CCN2CCC(COc3ccc(SC4CNC4)cc3)C2)c1. The van der Waals surface area contributed by atoms with E-state index in [1.807, 2.05) is 30.0 Å². The van der Waals surface area contributed by atoms with Gasteiger partial charge in [-0.3, -0.25) is 0 Å². The monoisotopic (exact) mass is 393 g/mol. The van der Waals surface area contributed by atoms with Crippen molar-refractivity contribution >= 4 is 11.8 Å². The molecule has 2 fully saturated rings. The highest BCUT2D eigenvalue weighted by Crippen LogP contribution is 2.27. The van der Waals surface area contributed by atoms with Crippen LogP contribution >= 0.6 is 11.8 Å². The Labute approximate surface area is 171 Å². The zero-order valence-corrected chi connectivity index (χ0v) is 17.0. The molecule has 5 heteroatoms. The van der Waals surface area contributed by atoms with Gasteiger partial charge in [0, 0.05) is 42.2 Å². The van der Waals surface area contributed by atoms with Crippen molar-refractivity contribution in [3.05, 3.63) is 59.7 Å². The molecule has 28 heavy (non-hydrogen) atoms. The summed E-state index contributed by atoms with van der Waals surface area (Å²) in [7, 11) is 0. The maximum absolute atomic E-state index is 9.02. The molecule has 2 aromatic carbocycles. The molecule has 0 bridgehead atoms. The van der Waals surface area contributed by atoms with E-state index in [0.717, 1.165) is 62.3 Å². The Morgan fingerprint density at radius 2 is 2.04 bits per heavy atom. The van der Waals surface area contributed by atoms with Crippen LogP contribution in [0.4, 0.5) is 0 Å². The van der Waals surface area contributed by atoms with Gasteiger partial charge >= 0.3 is 0 Å². The molecule has 0 radical (unpaired) electrons. The molecule has 0 spiro atoms. The summed E-state index contributed by atoms with van der Waals surface area (Å²) in [5.74, 6) is 1.57. The van der Waals surface area contributed by atoms with E-state index in [4.69, 9.17) is 10.00 Å². The molecule has 1 atom stereocenters. The highest BCUT2D eigenvalue weighted by atomic mass is 32.2. The van der Waals surface area contributed by atoms with Crippen molar-refractivity contribution in [2.24, 2.45) is 5.92 Å². The zero-order valence-electron chi connectivity index (χ0n) is 16.1. The van der Waals surface area contributed by atoms with E-state index in [0.29, 0.717) is 5.92 Å². The van der Waals surface area contributed by atoms with Crippen LogP contribution in [0.1, 0.15) is 17.5 Å². The third kappa shape index (κ3) is 5.29. The Morgan fingerprint density at radius 3 is 2.79 bits per heavy atom. The first kappa shape index (κ1) is 19.3. The Balaban J connectivity index is 1.18. The Morgan fingerprint density at radius 1 is 1.18 bits per heavy atom. The lowest BCUT2D eigenvalue weighted by atomic mass is 10.1. The number of thioether (sulfide) groups is 1. The average Bonchev–Trinajstić information content (AvgIpc) is 3.16. The van der Waals surface area contributed by atoms with Crippen molar-refractivity contribution in [3.8, 4) is 11.8 Å². The minimum atomic E-state index is 0.598. The van der Waals surface area contributed by atoms with E-state index < -0.39 is 0 Å². The maximum atomic E-state index is 9.02. The molecular formula is C23H27N3OS. The Bertz CT molecular complexity index is 813. The summed E-state index contributed by atoms with van der Waals surface area (Å²) in [6.07, 6.45) is 2.19. The van der Waals surface area contributed by atoms with Gasteiger partial charge in [-0.05, 0) is 61.3 Å². The zero-order chi connectivity index (χ0) is 19.2. The topological polar surface area (TPSA) is 48.3 Å². The lowest BCUT2D eigenvalue weighted by molar-refractivity contribution is 0.241. The van der Waals surface area contributed by atoms with Gasteiger partial charge in [0.1, 0.15) is 5.75 Å². The molecule has 0 aliphatic carbocycles. The van der Waals surface area contributed by atoms with Crippen LogP contribution in [-0.4, -0.2) is 49.5 Å². The van der Waals surface area contributed by atoms with E-state index >= 15 is 0 Å². The molecule has 2 aromatic rings. The lowest BCUT2D eigenvalue weighted by Gasteiger charge is -2.26. The number of rotatable bonds is 8. The largest absolute Gasteiger partial charge is 0.493 e. The van der Waals surface area contributed by atoms with Crippen molar-refractivity contribution in [2.75, 3.05) is 39.3 Å². The van der Waals surface area contributed by atoms with Gasteiger partial charge in [-0.15, -0.1) is 11.8 Å². The molecule has 0 amide bonds. The molecule has 146 valence electrons. The lowest BCUT2D eigenvalue weighted by Crippen LogP contribution is -2.44. The van der Waals surface area contributed by atoms with Crippen molar-refractivity contribution in [2.45, 2.75) is 23.0 Å². The molecule has 0 aromatic heterocycles. The number of hydrogen-bond acceptors (Lipinski definition) is 5. The average molecular weight is 394 g/mol. The third-order valence-electron chi connectivity index (χ3n) is 5.50. The van der Waals surface area contributed by atoms with Crippen LogP contribution in [0.5, 0.6) is 5.75 Å². The summed E-state index contributed by atoms with van der Waals surface area (Å²) in [5.41, 5.74) is 1.99. The third-order valence-corrected chi connectivity index (χ3v) is 6.71. The normalized spacial score (nSPS) is 19.9. The van der Waals surface area contributed by atoms with Gasteiger partial charge in [0.2, 0.25) is 0 Å². The van der Waals surface area contributed by atoms with Crippen LogP contribution in [0.2, 0.25) is 0 Å². The number of ether oxygens (including phenoxy) is 1. The van der Waals surface area contributed by atoms with Crippen molar-refractivity contribution < 1.29 is 4.74 Å². The van der Waals surface area contributed by atoms with Crippen molar-refractivity contribution in [1.29, 1.82) is 5.26 Å². The second-order valence-electron chi connectivity index (χ2n) is 7.70. The van der Waals surface area contributed by atoms with Crippen LogP contribution in [0, 0.1) is 17.2 Å². The first-order valence-corrected chi connectivity index (χ1v) is 11.0. The highest BCUT2D eigenvalue weighted by molar-refractivity contribution is 8.00. The highest BCUT2D eigenvalue weighted by Gasteiger charge is 2.23. The first-order valence-electron chi connectivity index (χ1n) is 10.1. The number of nitrogens with one attached hydrogen (secondary N) is 1. The Hall–Kier alpha value is -2.00. The van der Waals surface area contributed by atoms with Crippen LogP contribution in [0.25, 0.3) is 0 Å². The maximum Gasteiger partial charge on any atom is 0.119 e. The van der Waals surface area contributed by atoms with Gasteiger partial charge < -0.3 is 15.0 Å². The second-order valence-corrected chi connectivity index (χ2v) is 9.07. The number of nitrogens with zero attached hydrogens (tertiary/aromatic N) is 2. The molecule has 2 aliphatic rings. The Kier molecular flexibility index (Phi) is 6.53. The number of nitriles is 1. The molecule has 4 rings (SSSR count). The first-order chi connectivity index (χ1) is 13.8. The van der Waals surface area contributed by atoms with Crippen LogP contribution < -0.4 is 10.1 Å². The van der Waals surface area contributed by atoms with E-state index in [-0.39, 0.29) is 0 Å². The van der Waals surface area contributed by atoms with Crippen LogP contribution in [0.15, 0.2) is 53.4 Å². The minimum absolute atomic E-state index is 0.598. The summed E-state index contributed by atoms with van der Waals surface area (Å²) in [6, 6.07) is 18.7. The molecule has 1 unspecified atom stereocenters. The summed E-state index contributed by atoms with van der Waals surface area (Å²) >= 11 is 1.95. The predicted molar refractivity (Wildman–Crippen MR) is 114 cm³/mol. The fraction of sp³-hybridized carbons (Fsp3) is 0.435. The van der Waals surface area contributed by atoms with Crippen molar-refractivity contribution in [3.63, 3.8) is 0 Å². The smallest absolute Gasteiger partial charge is 0.119 e. The molecule has 1 N–H and O–H groups in total. The summed E-state index contributed by atoms with van der Waals surface area (Å²) in [5, 5.41) is 13.0. The number of hydrogen-bond donors (Lipinski definition) is 1. The van der Waals surface area contributed by atoms with E-state index in [9.17, 15) is 0 Å². The van der Waals surface area contributed by atoms with Gasteiger partial charge in [0.15, 0.2) is 0 Å². The fourth-order valence-electron chi connectivity index (χ4n) is 3.70. The van der Waals surface area contributed by atoms with E-state index in [2.05, 4.69) is 46.6 Å². The van der Waals surface area contributed by atoms with Crippen LogP contribution in [0.3, 0.4) is 0 Å². The quantitative estimate of drug-likeness (QED) is 0.743. The summed E-state index contributed by atoms with van der Waals surface area (Å²) < 4.78 is 6.05. The molecule has 0 saturated carbocycles. The van der Waals surface area contributed by atoms with E-state index in [1.54, 1.807) is 0 Å². The van der Waals surface area contributed by atoms with Gasteiger partial charge in [0.05, 0.1) is 18.2 Å². The molecule has 2 saturated heterocycles. The molecule has 2 aliphatic heterocycles. The molecular weight excluding hydrogens is 366 g/mol. The second kappa shape index (κ2) is 9.47. The fourth-order valence-corrected chi connectivity index (χ4v) is 4.78. The number of benzene rings is 2. The van der Waals surface area contributed by atoms with Gasteiger partial charge in [-0.25, -0.2) is 0 Å². The number of likely N-dealkylation sites (tertiary alicyclic amines) is 1. The van der Waals surface area contributed by atoms with Gasteiger partial charge in [0.25, 0.3) is 0 Å². The van der Waals surface area contributed by atoms with Gasteiger partial charge in [-0.1, -0.05) is 12.1 Å². The predicted octanol–water partition coefficient (Wildman–Crippen LogP) is 3.57. The molecule has 4 nitrogen and oxygen atoms in total. The van der Waals surface area contributed by atoms with E-state index in [1.165, 1.54) is 16.9 Å². The minimum Gasteiger partial charge on any atom is -0.493 e. The van der Waals surface area contributed by atoms with Crippen molar-refractivity contribution in [1.82, 2.24) is 10.2 Å². The summed E-state index contributed by atoms with van der Waals surface area (Å²) in [4.78, 5) is 3.84. The standard InChI is InChI=1S/C23H27N3OS/c24-13-19-3-1-2-18(12-19)8-10-26-11-9-20(16-26)17-27-21-4-6-22(7-5-21)28-23-14-25-15-23/h1-7,12,20,23,25H,8-11,14-17H2.